The van der Waals surface area contributed by atoms with Crippen LogP contribution in [0.3, 0.4) is 0 Å². The molecule has 0 N–H and O–H groups in total. The fourth-order valence-electron chi connectivity index (χ4n) is 1.73. The number of aliphatic imine (C=N–C) groups is 1. The number of imidazole rings is 1. The molecule has 0 bridgehead atoms. The van der Waals surface area contributed by atoms with Crippen molar-refractivity contribution in [2.24, 2.45) is 4.99 Å². The van der Waals surface area contributed by atoms with Crippen molar-refractivity contribution in [2.45, 2.75) is 47.5 Å². The first kappa shape index (κ1) is 15.6. The molecule has 1 heterocycles. The molecule has 0 aromatic carbocycles. The van der Waals surface area contributed by atoms with Crippen LogP contribution in [0.2, 0.25) is 0 Å². The second-order valence-corrected chi connectivity index (χ2v) is 3.78. The molecule has 17 heavy (non-hydrogen) atoms. The molecule has 0 aliphatic heterocycles. The van der Waals surface area contributed by atoms with Gasteiger partial charge < -0.3 is 4.57 Å². The van der Waals surface area contributed by atoms with Crippen LogP contribution in [0.5, 0.6) is 0 Å². The first-order valence-corrected chi connectivity index (χ1v) is 6.32. The average molecular weight is 235 g/mol. The van der Waals surface area contributed by atoms with Crippen molar-refractivity contribution < 1.29 is 0 Å². The lowest BCUT2D eigenvalue weighted by Gasteiger charge is -2.08. The quantitative estimate of drug-likeness (QED) is 0.728. The SMILES string of the molecule is C=Cn1c(C=NCC)nc(C)c1C(C)C.CC. The Hall–Kier alpha value is -1.38. The van der Waals surface area contributed by atoms with E-state index in [1.807, 2.05) is 32.3 Å². The largest absolute Gasteiger partial charge is 0.303 e. The number of hydrogen-bond donors (Lipinski definition) is 0. The van der Waals surface area contributed by atoms with Crippen LogP contribution in [0, 0.1) is 6.92 Å². The van der Waals surface area contributed by atoms with Crippen molar-refractivity contribution in [1.29, 1.82) is 0 Å². The summed E-state index contributed by atoms with van der Waals surface area (Å²) >= 11 is 0. The van der Waals surface area contributed by atoms with E-state index < -0.39 is 0 Å². The minimum atomic E-state index is 0.444. The summed E-state index contributed by atoms with van der Waals surface area (Å²) in [6, 6.07) is 0. The van der Waals surface area contributed by atoms with Gasteiger partial charge in [0.25, 0.3) is 0 Å². The van der Waals surface area contributed by atoms with Gasteiger partial charge in [0, 0.05) is 18.4 Å². The number of rotatable bonds is 4. The molecule has 1 rings (SSSR count). The smallest absolute Gasteiger partial charge is 0.155 e. The second-order valence-electron chi connectivity index (χ2n) is 3.78. The van der Waals surface area contributed by atoms with Crippen molar-refractivity contribution in [3.05, 3.63) is 23.8 Å². The normalized spacial score (nSPS) is 10.5. The van der Waals surface area contributed by atoms with E-state index in [0.29, 0.717) is 5.92 Å². The molecule has 0 atom stereocenters. The fraction of sp³-hybridized carbons (Fsp3) is 0.571. The lowest BCUT2D eigenvalue weighted by Crippen LogP contribution is -2.01. The number of nitrogens with zero attached hydrogens (tertiary/aromatic N) is 3. The molecule has 3 nitrogen and oxygen atoms in total. The van der Waals surface area contributed by atoms with Crippen LogP contribution in [0.4, 0.5) is 0 Å². The second kappa shape index (κ2) is 7.82. The van der Waals surface area contributed by atoms with Gasteiger partial charge in [-0.1, -0.05) is 34.3 Å². The van der Waals surface area contributed by atoms with Crippen LogP contribution in [0.25, 0.3) is 6.20 Å². The van der Waals surface area contributed by atoms with Gasteiger partial charge in [-0.25, -0.2) is 4.98 Å². The molecule has 0 aliphatic rings. The molecule has 3 heteroatoms. The summed E-state index contributed by atoms with van der Waals surface area (Å²) in [4.78, 5) is 8.69. The first-order valence-electron chi connectivity index (χ1n) is 6.32. The van der Waals surface area contributed by atoms with Crippen LogP contribution >= 0.6 is 0 Å². The molecule has 0 saturated heterocycles. The summed E-state index contributed by atoms with van der Waals surface area (Å²) in [6.07, 6.45) is 3.60. The van der Waals surface area contributed by atoms with Crippen LogP contribution in [-0.2, 0) is 0 Å². The van der Waals surface area contributed by atoms with Gasteiger partial charge in [-0.05, 0) is 19.8 Å². The minimum absolute atomic E-state index is 0.444. The number of aryl methyl sites for hydroxylation is 1. The molecule has 1 aromatic rings. The van der Waals surface area contributed by atoms with Crippen LogP contribution < -0.4 is 0 Å². The van der Waals surface area contributed by atoms with Gasteiger partial charge in [0.1, 0.15) is 0 Å². The number of hydrogen-bond acceptors (Lipinski definition) is 2. The summed E-state index contributed by atoms with van der Waals surface area (Å²) < 4.78 is 2.01. The van der Waals surface area contributed by atoms with Gasteiger partial charge in [0.05, 0.1) is 11.9 Å². The van der Waals surface area contributed by atoms with E-state index in [1.165, 1.54) is 5.69 Å². The number of aromatic nitrogens is 2. The summed E-state index contributed by atoms with van der Waals surface area (Å²) in [5.74, 6) is 1.31. The van der Waals surface area contributed by atoms with Crippen molar-refractivity contribution >= 4 is 12.4 Å². The third-order valence-corrected chi connectivity index (χ3v) is 2.28. The zero-order valence-electron chi connectivity index (χ0n) is 12.0. The molecule has 0 fully saturated rings. The van der Waals surface area contributed by atoms with Gasteiger partial charge in [-0.3, -0.25) is 4.99 Å². The summed E-state index contributed by atoms with van der Waals surface area (Å²) in [6.45, 7) is 16.9. The van der Waals surface area contributed by atoms with Crippen molar-refractivity contribution in [1.82, 2.24) is 9.55 Å². The Bertz CT molecular complexity index is 373. The highest BCUT2D eigenvalue weighted by atomic mass is 15.1. The Morgan fingerprint density at radius 3 is 2.41 bits per heavy atom. The zero-order valence-corrected chi connectivity index (χ0v) is 12.0. The predicted molar refractivity (Wildman–Crippen MR) is 76.9 cm³/mol. The fourth-order valence-corrected chi connectivity index (χ4v) is 1.73. The van der Waals surface area contributed by atoms with Gasteiger partial charge in [0.2, 0.25) is 0 Å². The van der Waals surface area contributed by atoms with Gasteiger partial charge in [-0.15, -0.1) is 0 Å². The first-order chi connectivity index (χ1) is 8.11. The van der Waals surface area contributed by atoms with E-state index in [4.69, 9.17) is 0 Å². The van der Waals surface area contributed by atoms with E-state index >= 15 is 0 Å². The van der Waals surface area contributed by atoms with Crippen LogP contribution in [0.1, 0.15) is 57.7 Å². The van der Waals surface area contributed by atoms with Crippen LogP contribution in [-0.4, -0.2) is 22.3 Å². The van der Waals surface area contributed by atoms with Crippen molar-refractivity contribution in [2.75, 3.05) is 6.54 Å². The third-order valence-electron chi connectivity index (χ3n) is 2.28. The highest BCUT2D eigenvalue weighted by Gasteiger charge is 2.13. The molecule has 96 valence electrons. The molecular weight excluding hydrogens is 210 g/mol. The highest BCUT2D eigenvalue weighted by molar-refractivity contribution is 5.76. The average Bonchev–Trinajstić information content (AvgIpc) is 2.65. The maximum Gasteiger partial charge on any atom is 0.155 e. The van der Waals surface area contributed by atoms with Gasteiger partial charge >= 0.3 is 0 Å². The van der Waals surface area contributed by atoms with Crippen LogP contribution in [0.15, 0.2) is 11.6 Å². The Kier molecular flexibility index (Phi) is 7.19. The van der Waals surface area contributed by atoms with E-state index in [9.17, 15) is 0 Å². The Morgan fingerprint density at radius 2 is 2.00 bits per heavy atom. The maximum atomic E-state index is 4.48. The van der Waals surface area contributed by atoms with Gasteiger partial charge in [-0.2, -0.15) is 0 Å². The maximum absolute atomic E-state index is 4.48. The lowest BCUT2D eigenvalue weighted by molar-refractivity contribution is 0.792. The topological polar surface area (TPSA) is 30.2 Å². The van der Waals surface area contributed by atoms with E-state index in [1.54, 1.807) is 12.4 Å². The zero-order chi connectivity index (χ0) is 13.4. The summed E-state index contributed by atoms with van der Waals surface area (Å²) in [7, 11) is 0. The molecular formula is C14H25N3. The van der Waals surface area contributed by atoms with Gasteiger partial charge in [0.15, 0.2) is 5.82 Å². The Balaban J connectivity index is 0.00000121. The Morgan fingerprint density at radius 1 is 1.41 bits per heavy atom. The molecule has 1 aromatic heterocycles. The summed E-state index contributed by atoms with van der Waals surface area (Å²) in [5, 5.41) is 0. The van der Waals surface area contributed by atoms with E-state index in [-0.39, 0.29) is 0 Å². The van der Waals surface area contributed by atoms with Crippen molar-refractivity contribution in [3.8, 4) is 0 Å². The summed E-state index contributed by atoms with van der Waals surface area (Å²) in [5.41, 5.74) is 2.27. The molecule has 0 radical (unpaired) electrons. The van der Waals surface area contributed by atoms with E-state index in [0.717, 1.165) is 18.1 Å². The van der Waals surface area contributed by atoms with Crippen molar-refractivity contribution in [3.63, 3.8) is 0 Å². The third kappa shape index (κ3) is 3.84. The lowest BCUT2D eigenvalue weighted by atomic mass is 10.1. The molecule has 0 amide bonds. The molecule has 0 aliphatic carbocycles. The predicted octanol–water partition coefficient (Wildman–Crippen LogP) is 3.88. The molecule has 0 saturated carbocycles. The minimum Gasteiger partial charge on any atom is -0.303 e. The Labute approximate surface area is 105 Å². The highest BCUT2D eigenvalue weighted by Crippen LogP contribution is 2.20. The van der Waals surface area contributed by atoms with E-state index in [2.05, 4.69) is 30.4 Å². The molecule has 0 unspecified atom stereocenters. The molecule has 0 spiro atoms. The monoisotopic (exact) mass is 235 g/mol. The standard InChI is InChI=1S/C12H19N3.C2H6/c1-6-13-8-11-14-10(5)12(9(3)4)15(11)7-2;1-2/h7-9H,2,6H2,1,3-5H3;1-2H3.